The lowest BCUT2D eigenvalue weighted by Crippen LogP contribution is -2.34. The average Bonchev–Trinajstić information content (AvgIpc) is 2.99. The van der Waals surface area contributed by atoms with Gasteiger partial charge in [-0.3, -0.25) is 0 Å². The largest absolute Gasteiger partial charge is 0.457 e. The molecule has 0 aliphatic carbocycles. The maximum Gasteiger partial charge on any atom is 0.332 e. The maximum atomic E-state index is 9.25. The van der Waals surface area contributed by atoms with Crippen LogP contribution < -0.4 is 9.47 Å². The minimum atomic E-state index is -2.51. The van der Waals surface area contributed by atoms with Gasteiger partial charge in [0.1, 0.15) is 47.3 Å². The normalized spacial score (nSPS) is 10.5. The number of nitrogens with zero attached hydrogens (tertiary/aromatic N) is 4. The highest BCUT2D eigenvalue weighted by molar-refractivity contribution is 6.64. The van der Waals surface area contributed by atoms with E-state index in [1.807, 2.05) is 73.8 Å². The fourth-order valence-electron chi connectivity index (χ4n) is 3.78. The van der Waals surface area contributed by atoms with Gasteiger partial charge in [0.2, 0.25) is 0 Å². The van der Waals surface area contributed by atoms with E-state index in [9.17, 15) is 10.5 Å². The van der Waals surface area contributed by atoms with Crippen molar-refractivity contribution in [2.75, 3.05) is 0 Å². The highest BCUT2D eigenvalue weighted by atomic mass is 28.4. The van der Waals surface area contributed by atoms with Gasteiger partial charge in [-0.15, -0.1) is 0 Å². The number of nitriles is 4. The lowest BCUT2D eigenvalue weighted by Gasteiger charge is -2.23. The first-order chi connectivity index (χ1) is 19.8. The summed E-state index contributed by atoms with van der Waals surface area (Å²) >= 11 is 0. The summed E-state index contributed by atoms with van der Waals surface area (Å²) in [4.78, 5) is 0. The van der Waals surface area contributed by atoms with Crippen LogP contribution in [0.2, 0.25) is 13.1 Å². The smallest absolute Gasteiger partial charge is 0.332 e. The summed E-state index contributed by atoms with van der Waals surface area (Å²) in [5.41, 5.74) is 2.91. The molecule has 0 fully saturated rings. The second-order valence-electron chi connectivity index (χ2n) is 9.34. The van der Waals surface area contributed by atoms with Gasteiger partial charge in [0, 0.05) is 0 Å². The highest BCUT2D eigenvalue weighted by Gasteiger charge is 2.25. The number of hydrogen-bond donors (Lipinski definition) is 0. The molecule has 0 unspecified atom stereocenters. The minimum Gasteiger partial charge on any atom is -0.457 e. The van der Waals surface area contributed by atoms with E-state index in [-0.39, 0.29) is 11.1 Å². The van der Waals surface area contributed by atoms with Crippen LogP contribution in [0.15, 0.2) is 84.9 Å². The van der Waals surface area contributed by atoms with Crippen LogP contribution in [0.4, 0.5) is 0 Å². The van der Waals surface area contributed by atoms with Gasteiger partial charge in [-0.25, -0.2) is 0 Å². The third-order valence-corrected chi connectivity index (χ3v) is 7.58. The van der Waals surface area contributed by atoms with Crippen molar-refractivity contribution >= 4 is 8.56 Å². The van der Waals surface area contributed by atoms with Crippen LogP contribution in [-0.2, 0) is 22.1 Å². The van der Waals surface area contributed by atoms with Crippen molar-refractivity contribution < 1.29 is 18.3 Å². The van der Waals surface area contributed by atoms with Crippen LogP contribution >= 0.6 is 0 Å². The lowest BCUT2D eigenvalue weighted by molar-refractivity contribution is 0.164. The summed E-state index contributed by atoms with van der Waals surface area (Å²) in [6, 6.07) is 32.4. The minimum absolute atomic E-state index is 0.258. The van der Waals surface area contributed by atoms with Crippen molar-refractivity contribution in [2.24, 2.45) is 0 Å². The molecule has 0 aliphatic heterocycles. The van der Waals surface area contributed by atoms with Gasteiger partial charge in [-0.1, -0.05) is 24.3 Å². The Kier molecular flexibility index (Phi) is 9.12. The monoisotopic (exact) mass is 556 g/mol. The molecule has 4 rings (SSSR count). The zero-order valence-corrected chi connectivity index (χ0v) is 23.4. The Labute approximate surface area is 239 Å². The van der Waals surface area contributed by atoms with E-state index in [0.29, 0.717) is 47.3 Å². The molecule has 0 heterocycles. The van der Waals surface area contributed by atoms with Crippen molar-refractivity contribution in [1.82, 2.24) is 0 Å². The van der Waals surface area contributed by atoms with Gasteiger partial charge >= 0.3 is 8.56 Å². The van der Waals surface area contributed by atoms with Gasteiger partial charge in [-0.2, -0.15) is 21.0 Å². The molecular weight excluding hydrogens is 532 g/mol. The first-order valence-corrected chi connectivity index (χ1v) is 15.3. The van der Waals surface area contributed by atoms with Crippen molar-refractivity contribution in [1.29, 1.82) is 21.0 Å². The van der Waals surface area contributed by atoms with Crippen LogP contribution in [0.1, 0.15) is 33.4 Å². The standard InChI is InChI=1S/C32H24N4O4Si/c1-41(2,37-21-23-5-3-7-29(13-23)39-31-11-9-25(17-33)27(15-31)19-35)38-22-24-6-4-8-30(14-24)40-32-12-10-26(18-34)28(16-32)20-36/h3-16H,21-22H2,1-2H3. The molecule has 0 aromatic heterocycles. The molecule has 4 aromatic rings. The van der Waals surface area contributed by atoms with Crippen LogP contribution in [0.25, 0.3) is 0 Å². The molecule has 9 heteroatoms. The summed E-state index contributed by atoms with van der Waals surface area (Å²) < 4.78 is 24.1. The van der Waals surface area contributed by atoms with Gasteiger partial charge < -0.3 is 18.3 Å². The molecule has 200 valence electrons. The quantitative estimate of drug-likeness (QED) is 0.187. The van der Waals surface area contributed by atoms with Gasteiger partial charge in [0.15, 0.2) is 0 Å². The number of benzene rings is 4. The Bertz CT molecular complexity index is 1620. The zero-order chi connectivity index (χ0) is 29.2. The van der Waals surface area contributed by atoms with E-state index in [0.717, 1.165) is 11.1 Å². The van der Waals surface area contributed by atoms with E-state index in [4.69, 9.17) is 28.8 Å². The molecule has 0 N–H and O–H groups in total. The van der Waals surface area contributed by atoms with Crippen molar-refractivity contribution in [2.45, 2.75) is 26.3 Å². The average molecular weight is 557 g/mol. The van der Waals surface area contributed by atoms with Crippen LogP contribution in [0.3, 0.4) is 0 Å². The molecule has 0 bridgehead atoms. The fraction of sp³-hybridized carbons (Fsp3) is 0.125. The Hall–Kier alpha value is -5.42. The summed E-state index contributed by atoms with van der Waals surface area (Å²) in [5, 5.41) is 36.7. The molecule has 0 saturated carbocycles. The maximum absolute atomic E-state index is 9.25. The Morgan fingerprint density at radius 3 is 1.29 bits per heavy atom. The summed E-state index contributed by atoms with van der Waals surface area (Å²) in [6.07, 6.45) is 0. The number of hydrogen-bond acceptors (Lipinski definition) is 8. The summed E-state index contributed by atoms with van der Waals surface area (Å²) in [7, 11) is -2.51. The molecule has 0 amide bonds. The van der Waals surface area contributed by atoms with Crippen molar-refractivity contribution in [3.63, 3.8) is 0 Å². The third kappa shape index (κ3) is 7.80. The van der Waals surface area contributed by atoms with E-state index in [2.05, 4.69) is 0 Å². The molecule has 0 spiro atoms. The number of ether oxygens (including phenoxy) is 2. The van der Waals surface area contributed by atoms with E-state index < -0.39 is 8.56 Å². The first kappa shape index (κ1) is 28.6. The van der Waals surface area contributed by atoms with Crippen molar-refractivity contribution in [3.8, 4) is 47.3 Å². The van der Waals surface area contributed by atoms with E-state index >= 15 is 0 Å². The van der Waals surface area contributed by atoms with E-state index in [1.54, 1.807) is 48.5 Å². The molecular formula is C32H24N4O4Si. The van der Waals surface area contributed by atoms with Crippen LogP contribution in [0.5, 0.6) is 23.0 Å². The Morgan fingerprint density at radius 1 is 0.512 bits per heavy atom. The SMILES string of the molecule is C[Si](C)(OCc1cccc(Oc2ccc(C#N)c(C#N)c2)c1)OCc1cccc(Oc2ccc(C#N)c(C#N)c2)c1. The highest BCUT2D eigenvalue weighted by Crippen LogP contribution is 2.27. The molecule has 41 heavy (non-hydrogen) atoms. The lowest BCUT2D eigenvalue weighted by atomic mass is 10.1. The molecule has 0 atom stereocenters. The molecule has 0 radical (unpaired) electrons. The van der Waals surface area contributed by atoms with Gasteiger partial charge in [-0.05, 0) is 84.9 Å². The van der Waals surface area contributed by atoms with E-state index in [1.165, 1.54) is 0 Å². The van der Waals surface area contributed by atoms with Crippen LogP contribution in [0, 0.1) is 45.3 Å². The molecule has 4 aromatic carbocycles. The summed E-state index contributed by atoms with van der Waals surface area (Å²) in [6.45, 7) is 4.59. The second-order valence-corrected chi connectivity index (χ2v) is 12.7. The predicted octanol–water partition coefficient (Wildman–Crippen LogP) is 7.19. The van der Waals surface area contributed by atoms with Crippen LogP contribution in [-0.4, -0.2) is 8.56 Å². The second kappa shape index (κ2) is 13.1. The topological polar surface area (TPSA) is 132 Å². The number of rotatable bonds is 10. The van der Waals surface area contributed by atoms with Gasteiger partial charge in [0.05, 0.1) is 35.5 Å². The Balaban J connectivity index is 1.33. The Morgan fingerprint density at radius 2 is 0.902 bits per heavy atom. The third-order valence-electron chi connectivity index (χ3n) is 5.91. The summed E-state index contributed by atoms with van der Waals surface area (Å²) in [5.74, 6) is 2.10. The molecule has 0 aliphatic rings. The first-order valence-electron chi connectivity index (χ1n) is 12.5. The molecule has 8 nitrogen and oxygen atoms in total. The zero-order valence-electron chi connectivity index (χ0n) is 22.4. The van der Waals surface area contributed by atoms with Crippen molar-refractivity contribution in [3.05, 3.63) is 118 Å². The fourth-order valence-corrected chi connectivity index (χ4v) is 4.89. The van der Waals surface area contributed by atoms with Gasteiger partial charge in [0.25, 0.3) is 0 Å². The molecule has 0 saturated heterocycles. The predicted molar refractivity (Wildman–Crippen MR) is 152 cm³/mol.